The molecule has 0 radical (unpaired) electrons. The molecule has 19 heavy (non-hydrogen) atoms. The van der Waals surface area contributed by atoms with E-state index < -0.39 is 0 Å². The van der Waals surface area contributed by atoms with Crippen LogP contribution in [0.25, 0.3) is 0 Å². The number of aliphatic imine (C=N–C) groups is 1. The molecule has 2 heterocycles. The highest BCUT2D eigenvalue weighted by atomic mass is 16.5. The van der Waals surface area contributed by atoms with Crippen molar-refractivity contribution < 1.29 is 4.74 Å². The highest BCUT2D eigenvalue weighted by molar-refractivity contribution is 5.80. The monoisotopic (exact) mass is 265 g/mol. The normalized spacial score (nSPS) is 20.7. The van der Waals surface area contributed by atoms with E-state index in [2.05, 4.69) is 27.2 Å². The lowest BCUT2D eigenvalue weighted by Crippen LogP contribution is -2.48. The lowest BCUT2D eigenvalue weighted by atomic mass is 10.1. The Labute approximate surface area is 114 Å². The van der Waals surface area contributed by atoms with Crippen LogP contribution in [0.15, 0.2) is 17.4 Å². The molecule has 1 aromatic heterocycles. The molecule has 6 nitrogen and oxygen atoms in total. The number of morpholine rings is 1. The van der Waals surface area contributed by atoms with E-state index in [1.54, 1.807) is 0 Å². The Morgan fingerprint density at radius 3 is 3.11 bits per heavy atom. The number of hydrogen-bond donors (Lipinski definition) is 1. The van der Waals surface area contributed by atoms with Crippen LogP contribution in [0.1, 0.15) is 25.0 Å². The van der Waals surface area contributed by atoms with Gasteiger partial charge in [0, 0.05) is 38.9 Å². The first-order valence-electron chi connectivity index (χ1n) is 6.80. The molecule has 0 aliphatic carbocycles. The standard InChI is InChI=1S/C13H23N5O/c1-4-5-15-13(14-2)18-6-7-19-12(10-18)11-8-16-17(3)9-11/h8-9,12H,4-7,10H2,1-3H3,(H,14,15). The second-order valence-corrected chi connectivity index (χ2v) is 4.73. The molecule has 1 aliphatic rings. The van der Waals surface area contributed by atoms with Crippen molar-refractivity contribution in [1.29, 1.82) is 0 Å². The first kappa shape index (κ1) is 13.9. The Balaban J connectivity index is 2.00. The van der Waals surface area contributed by atoms with Gasteiger partial charge in [0.2, 0.25) is 0 Å². The molecule has 0 aromatic carbocycles. The van der Waals surface area contributed by atoms with Gasteiger partial charge in [0.1, 0.15) is 6.10 Å². The zero-order valence-electron chi connectivity index (χ0n) is 12.0. The number of hydrogen-bond acceptors (Lipinski definition) is 3. The lowest BCUT2D eigenvalue weighted by Gasteiger charge is -2.34. The minimum atomic E-state index is 0.0719. The average Bonchev–Trinajstić information content (AvgIpc) is 2.87. The van der Waals surface area contributed by atoms with Gasteiger partial charge in [0.05, 0.1) is 19.3 Å². The molecule has 1 unspecified atom stereocenters. The zero-order chi connectivity index (χ0) is 13.7. The van der Waals surface area contributed by atoms with Crippen molar-refractivity contribution in [2.75, 3.05) is 33.3 Å². The molecule has 1 saturated heterocycles. The summed E-state index contributed by atoms with van der Waals surface area (Å²) in [5.41, 5.74) is 1.12. The van der Waals surface area contributed by atoms with Gasteiger partial charge < -0.3 is 15.0 Å². The smallest absolute Gasteiger partial charge is 0.193 e. The van der Waals surface area contributed by atoms with Gasteiger partial charge in [0.25, 0.3) is 0 Å². The van der Waals surface area contributed by atoms with Crippen molar-refractivity contribution in [2.24, 2.45) is 12.0 Å². The van der Waals surface area contributed by atoms with Gasteiger partial charge in [0.15, 0.2) is 5.96 Å². The van der Waals surface area contributed by atoms with Crippen LogP contribution in [0.5, 0.6) is 0 Å². The maximum Gasteiger partial charge on any atom is 0.193 e. The quantitative estimate of drug-likeness (QED) is 0.648. The predicted octanol–water partition coefficient (Wildman–Crippen LogP) is 0.779. The van der Waals surface area contributed by atoms with Crippen LogP contribution < -0.4 is 5.32 Å². The molecule has 0 saturated carbocycles. The third kappa shape index (κ3) is 3.47. The summed E-state index contributed by atoms with van der Waals surface area (Å²) in [6.45, 7) is 5.50. The molecule has 1 aromatic rings. The van der Waals surface area contributed by atoms with Gasteiger partial charge in [-0.05, 0) is 6.42 Å². The van der Waals surface area contributed by atoms with Crippen LogP contribution in [0.4, 0.5) is 0 Å². The van der Waals surface area contributed by atoms with E-state index >= 15 is 0 Å². The lowest BCUT2D eigenvalue weighted by molar-refractivity contribution is -0.00801. The number of aryl methyl sites for hydroxylation is 1. The van der Waals surface area contributed by atoms with Gasteiger partial charge >= 0.3 is 0 Å². The Morgan fingerprint density at radius 1 is 1.63 bits per heavy atom. The Morgan fingerprint density at radius 2 is 2.47 bits per heavy atom. The Bertz CT molecular complexity index is 428. The summed E-state index contributed by atoms with van der Waals surface area (Å²) in [7, 11) is 3.75. The Hall–Kier alpha value is -1.56. The number of ether oxygens (including phenoxy) is 1. The molecule has 1 aliphatic heterocycles. The number of aromatic nitrogens is 2. The molecule has 6 heteroatoms. The highest BCUT2D eigenvalue weighted by Crippen LogP contribution is 2.21. The van der Waals surface area contributed by atoms with Crippen molar-refractivity contribution in [2.45, 2.75) is 19.4 Å². The molecule has 2 rings (SSSR count). The molecular formula is C13H23N5O. The van der Waals surface area contributed by atoms with E-state index in [9.17, 15) is 0 Å². The maximum absolute atomic E-state index is 5.83. The summed E-state index contributed by atoms with van der Waals surface area (Å²) in [4.78, 5) is 6.58. The van der Waals surface area contributed by atoms with Gasteiger partial charge in [-0.25, -0.2) is 0 Å². The predicted molar refractivity (Wildman–Crippen MR) is 75.1 cm³/mol. The van der Waals surface area contributed by atoms with Crippen molar-refractivity contribution in [3.8, 4) is 0 Å². The molecule has 106 valence electrons. The molecular weight excluding hydrogens is 242 g/mol. The maximum atomic E-state index is 5.83. The number of nitrogens with zero attached hydrogens (tertiary/aromatic N) is 4. The number of nitrogens with one attached hydrogen (secondary N) is 1. The van der Waals surface area contributed by atoms with Crippen molar-refractivity contribution in [3.63, 3.8) is 0 Å². The molecule has 1 fully saturated rings. The third-order valence-electron chi connectivity index (χ3n) is 3.21. The van der Waals surface area contributed by atoms with E-state index in [0.29, 0.717) is 6.61 Å². The summed E-state index contributed by atoms with van der Waals surface area (Å²) in [5.74, 6) is 0.957. The molecule has 0 bridgehead atoms. The zero-order valence-corrected chi connectivity index (χ0v) is 12.0. The van der Waals surface area contributed by atoms with Gasteiger partial charge in [-0.2, -0.15) is 5.10 Å². The van der Waals surface area contributed by atoms with Crippen LogP contribution >= 0.6 is 0 Å². The Kier molecular flexibility index (Phi) is 4.79. The first-order chi connectivity index (χ1) is 9.24. The van der Waals surface area contributed by atoms with Gasteiger partial charge in [-0.3, -0.25) is 9.67 Å². The highest BCUT2D eigenvalue weighted by Gasteiger charge is 2.24. The fourth-order valence-corrected chi connectivity index (χ4v) is 2.22. The van der Waals surface area contributed by atoms with Crippen LogP contribution in [0.2, 0.25) is 0 Å². The van der Waals surface area contributed by atoms with E-state index in [0.717, 1.165) is 37.6 Å². The van der Waals surface area contributed by atoms with Crippen LogP contribution in [0.3, 0.4) is 0 Å². The molecule has 1 N–H and O–H groups in total. The summed E-state index contributed by atoms with van der Waals surface area (Å²) in [6, 6.07) is 0. The molecule has 0 spiro atoms. The van der Waals surface area contributed by atoms with Crippen LogP contribution in [-0.2, 0) is 11.8 Å². The second-order valence-electron chi connectivity index (χ2n) is 4.73. The number of guanidine groups is 1. The topological polar surface area (TPSA) is 54.7 Å². The largest absolute Gasteiger partial charge is 0.370 e. The summed E-state index contributed by atoms with van der Waals surface area (Å²) >= 11 is 0. The van der Waals surface area contributed by atoms with E-state index in [1.165, 1.54) is 0 Å². The van der Waals surface area contributed by atoms with Crippen molar-refractivity contribution >= 4 is 5.96 Å². The first-order valence-corrected chi connectivity index (χ1v) is 6.80. The van der Waals surface area contributed by atoms with Gasteiger partial charge in [-0.15, -0.1) is 0 Å². The summed E-state index contributed by atoms with van der Waals surface area (Å²) < 4.78 is 7.64. The fourth-order valence-electron chi connectivity index (χ4n) is 2.22. The van der Waals surface area contributed by atoms with Crippen LogP contribution in [0, 0.1) is 0 Å². The van der Waals surface area contributed by atoms with E-state index in [-0.39, 0.29) is 6.10 Å². The molecule has 0 amide bonds. The SMILES string of the molecule is CCCNC(=NC)N1CCOC(c2cnn(C)c2)C1. The van der Waals surface area contributed by atoms with Crippen molar-refractivity contribution in [3.05, 3.63) is 18.0 Å². The minimum Gasteiger partial charge on any atom is -0.370 e. The van der Waals surface area contributed by atoms with Crippen LogP contribution in [-0.4, -0.2) is 53.9 Å². The number of rotatable bonds is 3. The van der Waals surface area contributed by atoms with Crippen molar-refractivity contribution in [1.82, 2.24) is 20.0 Å². The summed E-state index contributed by atoms with van der Waals surface area (Å²) in [6.07, 6.45) is 5.05. The van der Waals surface area contributed by atoms with Gasteiger partial charge in [-0.1, -0.05) is 6.92 Å². The van der Waals surface area contributed by atoms with E-state index in [4.69, 9.17) is 4.74 Å². The third-order valence-corrected chi connectivity index (χ3v) is 3.21. The van der Waals surface area contributed by atoms with E-state index in [1.807, 2.05) is 31.2 Å². The molecule has 1 atom stereocenters. The second kappa shape index (κ2) is 6.56. The average molecular weight is 265 g/mol. The minimum absolute atomic E-state index is 0.0719. The fraction of sp³-hybridized carbons (Fsp3) is 0.692. The summed E-state index contributed by atoms with van der Waals surface area (Å²) in [5, 5.41) is 7.57.